The predicted octanol–water partition coefficient (Wildman–Crippen LogP) is 2.25. The van der Waals surface area contributed by atoms with Crippen molar-refractivity contribution in [3.63, 3.8) is 0 Å². The van der Waals surface area contributed by atoms with Crippen molar-refractivity contribution in [2.24, 2.45) is 0 Å². The molecule has 0 aliphatic carbocycles. The zero-order chi connectivity index (χ0) is 13.3. The first-order valence-corrected chi connectivity index (χ1v) is 5.53. The molecule has 0 radical (unpaired) electrons. The number of nitrogens with zero attached hydrogens (tertiary/aromatic N) is 1. The minimum atomic E-state index is -0.498. The normalized spacial score (nSPS) is 12.8. The number of halogens is 1. The van der Waals surface area contributed by atoms with Crippen LogP contribution in [0.2, 0.25) is 0 Å². The van der Waals surface area contributed by atoms with E-state index in [9.17, 15) is 14.9 Å². The smallest absolute Gasteiger partial charge is 0.292 e. The van der Waals surface area contributed by atoms with E-state index in [-0.39, 0.29) is 24.6 Å². The number of fused-ring (bicyclic) bond motifs is 1. The van der Waals surface area contributed by atoms with Crippen LogP contribution in [-0.4, -0.2) is 17.4 Å². The predicted molar refractivity (Wildman–Crippen MR) is 68.9 cm³/mol. The maximum Gasteiger partial charge on any atom is 0.292 e. The van der Waals surface area contributed by atoms with Crippen molar-refractivity contribution in [1.29, 1.82) is 0 Å². The molecule has 0 bridgehead atoms. The molecule has 94 valence electrons. The van der Waals surface area contributed by atoms with Crippen molar-refractivity contribution in [3.8, 4) is 0 Å². The third kappa shape index (κ3) is 2.43. The van der Waals surface area contributed by atoms with Gasteiger partial charge in [0.2, 0.25) is 5.91 Å². The Labute approximate surface area is 108 Å². The molecule has 1 aromatic rings. The molecule has 1 aromatic carbocycles. The number of carbonyl (C=O) groups is 1. The van der Waals surface area contributed by atoms with E-state index < -0.39 is 4.92 Å². The van der Waals surface area contributed by atoms with E-state index in [0.29, 0.717) is 22.0 Å². The second kappa shape index (κ2) is 4.66. The first-order valence-electron chi connectivity index (χ1n) is 5.15. The average Bonchev–Trinajstić information content (AvgIpc) is 2.63. The SMILES string of the molecule is C=C(Cl)CNc1cc2c(cc1[N+](=O)[O-])CC(=O)N2. The average molecular weight is 268 g/mol. The van der Waals surface area contributed by atoms with Gasteiger partial charge in [-0.3, -0.25) is 14.9 Å². The first-order chi connectivity index (χ1) is 8.47. The lowest BCUT2D eigenvalue weighted by Gasteiger charge is -2.08. The molecule has 1 amide bonds. The van der Waals surface area contributed by atoms with Crippen LogP contribution >= 0.6 is 11.6 Å². The molecule has 0 atom stereocenters. The van der Waals surface area contributed by atoms with E-state index in [4.69, 9.17) is 11.6 Å². The zero-order valence-electron chi connectivity index (χ0n) is 9.33. The van der Waals surface area contributed by atoms with E-state index >= 15 is 0 Å². The number of nitro benzene ring substituents is 1. The second-order valence-electron chi connectivity index (χ2n) is 3.88. The van der Waals surface area contributed by atoms with Crippen molar-refractivity contribution in [3.05, 3.63) is 39.4 Å². The van der Waals surface area contributed by atoms with Gasteiger partial charge < -0.3 is 10.6 Å². The standard InChI is InChI=1S/C11H10ClN3O3/c1-6(12)5-13-9-4-8-7(3-11(16)14-8)2-10(9)15(17)18/h2,4,13H,1,3,5H2,(H,14,16). The molecule has 18 heavy (non-hydrogen) atoms. The van der Waals surface area contributed by atoms with E-state index in [2.05, 4.69) is 17.2 Å². The molecule has 0 fully saturated rings. The Hall–Kier alpha value is -2.08. The van der Waals surface area contributed by atoms with Gasteiger partial charge in [-0.25, -0.2) is 0 Å². The van der Waals surface area contributed by atoms with Crippen LogP contribution in [0.1, 0.15) is 5.56 Å². The monoisotopic (exact) mass is 267 g/mol. The summed E-state index contributed by atoms with van der Waals surface area (Å²) in [5.41, 5.74) is 1.45. The third-order valence-electron chi connectivity index (χ3n) is 2.51. The highest BCUT2D eigenvalue weighted by atomic mass is 35.5. The number of hydrogen-bond donors (Lipinski definition) is 2. The van der Waals surface area contributed by atoms with Gasteiger partial charge in [0.05, 0.1) is 17.9 Å². The Morgan fingerprint density at radius 1 is 1.61 bits per heavy atom. The second-order valence-corrected chi connectivity index (χ2v) is 4.41. The van der Waals surface area contributed by atoms with E-state index in [1.54, 1.807) is 0 Å². The third-order valence-corrected chi connectivity index (χ3v) is 2.65. The molecular weight excluding hydrogens is 258 g/mol. The topological polar surface area (TPSA) is 84.3 Å². The lowest BCUT2D eigenvalue weighted by molar-refractivity contribution is -0.384. The summed E-state index contributed by atoms with van der Waals surface area (Å²) in [4.78, 5) is 21.7. The van der Waals surface area contributed by atoms with Gasteiger partial charge in [0, 0.05) is 16.8 Å². The molecule has 0 spiro atoms. The Kier molecular flexibility index (Phi) is 3.20. The number of anilines is 2. The van der Waals surface area contributed by atoms with Crippen LogP contribution in [0.3, 0.4) is 0 Å². The van der Waals surface area contributed by atoms with Gasteiger partial charge in [-0.1, -0.05) is 18.2 Å². The van der Waals surface area contributed by atoms with Crippen molar-refractivity contribution in [2.45, 2.75) is 6.42 Å². The maximum absolute atomic E-state index is 11.2. The fraction of sp³-hybridized carbons (Fsp3) is 0.182. The summed E-state index contributed by atoms with van der Waals surface area (Å²) in [5.74, 6) is -0.168. The molecular formula is C11H10ClN3O3. The van der Waals surface area contributed by atoms with Crippen LogP contribution in [0.4, 0.5) is 17.1 Å². The summed E-state index contributed by atoms with van der Waals surface area (Å²) in [6.45, 7) is 3.71. The minimum Gasteiger partial charge on any atom is -0.374 e. The molecule has 1 heterocycles. The lowest BCUT2D eigenvalue weighted by Crippen LogP contribution is -2.05. The Balaban J connectivity index is 2.38. The molecule has 7 heteroatoms. The van der Waals surface area contributed by atoms with Crippen LogP contribution in [0, 0.1) is 10.1 Å². The Morgan fingerprint density at radius 3 is 2.94 bits per heavy atom. The number of hydrogen-bond acceptors (Lipinski definition) is 4. The Bertz CT molecular complexity index is 557. The van der Waals surface area contributed by atoms with Gasteiger partial charge in [-0.15, -0.1) is 0 Å². The van der Waals surface area contributed by atoms with Crippen LogP contribution in [-0.2, 0) is 11.2 Å². The number of rotatable bonds is 4. The van der Waals surface area contributed by atoms with Crippen LogP contribution in [0.5, 0.6) is 0 Å². The number of nitrogens with one attached hydrogen (secondary N) is 2. The van der Waals surface area contributed by atoms with Crippen LogP contribution in [0.25, 0.3) is 0 Å². The number of amides is 1. The van der Waals surface area contributed by atoms with Gasteiger partial charge in [0.1, 0.15) is 5.69 Å². The van der Waals surface area contributed by atoms with E-state index in [1.165, 1.54) is 12.1 Å². The minimum absolute atomic E-state index is 0.0804. The Morgan fingerprint density at radius 2 is 2.33 bits per heavy atom. The van der Waals surface area contributed by atoms with Crippen molar-refractivity contribution >= 4 is 34.6 Å². The van der Waals surface area contributed by atoms with Gasteiger partial charge >= 0.3 is 0 Å². The highest BCUT2D eigenvalue weighted by Crippen LogP contribution is 2.34. The zero-order valence-corrected chi connectivity index (χ0v) is 10.1. The molecule has 2 rings (SSSR count). The molecule has 1 aliphatic rings. The largest absolute Gasteiger partial charge is 0.374 e. The summed E-state index contributed by atoms with van der Waals surface area (Å²) in [6.07, 6.45) is 0.165. The molecule has 0 saturated heterocycles. The van der Waals surface area contributed by atoms with Gasteiger partial charge in [-0.05, 0) is 11.6 Å². The summed E-state index contributed by atoms with van der Waals surface area (Å²) in [5, 5.41) is 16.7. The highest BCUT2D eigenvalue weighted by Gasteiger charge is 2.24. The van der Waals surface area contributed by atoms with Gasteiger partial charge in [-0.2, -0.15) is 0 Å². The summed E-state index contributed by atoms with van der Waals surface area (Å²) in [6, 6.07) is 2.94. The summed E-state index contributed by atoms with van der Waals surface area (Å²) >= 11 is 5.60. The summed E-state index contributed by atoms with van der Waals surface area (Å²) < 4.78 is 0. The highest BCUT2D eigenvalue weighted by molar-refractivity contribution is 6.29. The van der Waals surface area contributed by atoms with Gasteiger partial charge in [0.15, 0.2) is 0 Å². The van der Waals surface area contributed by atoms with Crippen molar-refractivity contribution < 1.29 is 9.72 Å². The fourth-order valence-electron chi connectivity index (χ4n) is 1.75. The molecule has 6 nitrogen and oxygen atoms in total. The lowest BCUT2D eigenvalue weighted by atomic mass is 10.1. The fourth-order valence-corrected chi connectivity index (χ4v) is 1.81. The molecule has 0 aromatic heterocycles. The molecule has 0 saturated carbocycles. The van der Waals surface area contributed by atoms with E-state index in [1.807, 2.05) is 0 Å². The van der Waals surface area contributed by atoms with Crippen LogP contribution in [0.15, 0.2) is 23.7 Å². The molecule has 0 unspecified atom stereocenters. The first kappa shape index (κ1) is 12.4. The van der Waals surface area contributed by atoms with Crippen LogP contribution < -0.4 is 10.6 Å². The van der Waals surface area contributed by atoms with Crippen molar-refractivity contribution in [2.75, 3.05) is 17.2 Å². The van der Waals surface area contributed by atoms with Crippen molar-refractivity contribution in [1.82, 2.24) is 0 Å². The van der Waals surface area contributed by atoms with E-state index in [0.717, 1.165) is 0 Å². The van der Waals surface area contributed by atoms with Gasteiger partial charge in [0.25, 0.3) is 5.69 Å². The number of carbonyl (C=O) groups excluding carboxylic acids is 1. The molecule has 1 aliphatic heterocycles. The number of benzene rings is 1. The summed E-state index contributed by atoms with van der Waals surface area (Å²) in [7, 11) is 0. The number of nitro groups is 1. The maximum atomic E-state index is 11.2. The quantitative estimate of drug-likeness (QED) is 0.647. The molecule has 2 N–H and O–H groups in total.